The molecule has 1 rings (SSSR count). The van der Waals surface area contributed by atoms with Gasteiger partial charge in [-0.25, -0.2) is 0 Å². The van der Waals surface area contributed by atoms with Gasteiger partial charge in [-0.15, -0.1) is 24.8 Å². The minimum absolute atomic E-state index is 0. The fourth-order valence-corrected chi connectivity index (χ4v) is 2.83. The van der Waals surface area contributed by atoms with Crippen LogP contribution in [0.25, 0.3) is 0 Å². The van der Waals surface area contributed by atoms with E-state index in [1.165, 1.54) is 0 Å². The number of hydrogen-bond donors (Lipinski definition) is 2. The van der Waals surface area contributed by atoms with E-state index in [1.54, 1.807) is 0 Å². The van der Waals surface area contributed by atoms with Crippen LogP contribution in [0.15, 0.2) is 24.3 Å². The van der Waals surface area contributed by atoms with Gasteiger partial charge in [-0.3, -0.25) is 9.69 Å². The number of nitrogens with one attached hydrogen (secondary N) is 2. The first-order valence-corrected chi connectivity index (χ1v) is 8.41. The Morgan fingerprint density at radius 1 is 1.21 bits per heavy atom. The number of rotatable bonds is 10. The molecule has 0 bridgehead atoms. The van der Waals surface area contributed by atoms with Gasteiger partial charge >= 0.3 is 0 Å². The van der Waals surface area contributed by atoms with Crippen LogP contribution < -0.4 is 10.6 Å². The second-order valence-corrected chi connectivity index (χ2v) is 5.68. The summed E-state index contributed by atoms with van der Waals surface area (Å²) in [4.78, 5) is 14.3. The topological polar surface area (TPSA) is 44.4 Å². The van der Waals surface area contributed by atoms with E-state index in [1.807, 2.05) is 31.3 Å². The minimum atomic E-state index is 0. The molecule has 140 valence electrons. The Morgan fingerprint density at radius 3 is 2.38 bits per heavy atom. The van der Waals surface area contributed by atoms with Gasteiger partial charge < -0.3 is 10.6 Å². The third-order valence-corrected chi connectivity index (χ3v) is 4.18. The average molecular weight is 399 g/mol. The fraction of sp³-hybridized carbons (Fsp3) is 0.588. The van der Waals surface area contributed by atoms with Gasteiger partial charge in [-0.05, 0) is 44.7 Å². The summed E-state index contributed by atoms with van der Waals surface area (Å²) in [5.41, 5.74) is 1.07. The van der Waals surface area contributed by atoms with E-state index >= 15 is 0 Å². The zero-order chi connectivity index (χ0) is 16.4. The Kier molecular flexibility index (Phi) is 15.9. The van der Waals surface area contributed by atoms with Gasteiger partial charge in [0.1, 0.15) is 0 Å². The van der Waals surface area contributed by atoms with Gasteiger partial charge in [0.05, 0.1) is 6.04 Å². The van der Waals surface area contributed by atoms with Crippen molar-refractivity contribution in [1.82, 2.24) is 15.5 Å². The number of amides is 1. The van der Waals surface area contributed by atoms with Crippen LogP contribution in [0.4, 0.5) is 0 Å². The molecule has 0 aliphatic carbocycles. The van der Waals surface area contributed by atoms with Crippen molar-refractivity contribution in [1.29, 1.82) is 0 Å². The highest BCUT2D eigenvalue weighted by atomic mass is 35.5. The van der Waals surface area contributed by atoms with Crippen LogP contribution in [0.2, 0.25) is 5.02 Å². The Bertz CT molecular complexity index is 456. The van der Waals surface area contributed by atoms with Crippen molar-refractivity contribution in [3.05, 3.63) is 34.9 Å². The molecule has 0 fully saturated rings. The summed E-state index contributed by atoms with van der Waals surface area (Å²) < 4.78 is 0. The van der Waals surface area contributed by atoms with Crippen LogP contribution in [0.5, 0.6) is 0 Å². The Balaban J connectivity index is 0. The first kappa shape index (κ1) is 25.7. The maximum absolute atomic E-state index is 11.9. The summed E-state index contributed by atoms with van der Waals surface area (Å²) in [5, 5.41) is 6.86. The molecular formula is C17H30Cl3N3O. The maximum atomic E-state index is 11.9. The van der Waals surface area contributed by atoms with E-state index < -0.39 is 0 Å². The highest BCUT2D eigenvalue weighted by molar-refractivity contribution is 6.31. The number of halogens is 3. The number of nitrogens with zero attached hydrogens (tertiary/aromatic N) is 1. The fourth-order valence-electron chi connectivity index (χ4n) is 2.57. The quantitative estimate of drug-likeness (QED) is 0.591. The molecule has 2 N–H and O–H groups in total. The van der Waals surface area contributed by atoms with Gasteiger partial charge in [0.2, 0.25) is 5.91 Å². The summed E-state index contributed by atoms with van der Waals surface area (Å²) in [5.74, 6) is 0.0967. The third-order valence-electron chi connectivity index (χ3n) is 3.84. The molecule has 1 unspecified atom stereocenters. The van der Waals surface area contributed by atoms with Crippen LogP contribution in [0, 0.1) is 0 Å². The molecule has 4 nitrogen and oxygen atoms in total. The zero-order valence-electron chi connectivity index (χ0n) is 14.7. The lowest BCUT2D eigenvalue weighted by atomic mass is 10.0. The largest absolute Gasteiger partial charge is 0.354 e. The number of hydrogen-bond acceptors (Lipinski definition) is 3. The van der Waals surface area contributed by atoms with Crippen LogP contribution in [-0.2, 0) is 4.79 Å². The van der Waals surface area contributed by atoms with Crippen LogP contribution in [0.3, 0.4) is 0 Å². The van der Waals surface area contributed by atoms with Crippen molar-refractivity contribution in [2.75, 3.05) is 33.2 Å². The number of carbonyl (C=O) groups is 1. The van der Waals surface area contributed by atoms with E-state index in [-0.39, 0.29) is 36.8 Å². The van der Waals surface area contributed by atoms with Crippen molar-refractivity contribution in [3.63, 3.8) is 0 Å². The van der Waals surface area contributed by atoms with Crippen molar-refractivity contribution in [2.45, 2.75) is 32.7 Å². The van der Waals surface area contributed by atoms with Crippen LogP contribution >= 0.6 is 36.4 Å². The molecule has 0 aromatic heterocycles. The molecule has 0 radical (unpaired) electrons. The van der Waals surface area contributed by atoms with Gasteiger partial charge in [-0.1, -0.05) is 43.6 Å². The first-order chi connectivity index (χ1) is 10.6. The first-order valence-electron chi connectivity index (χ1n) is 8.03. The average Bonchev–Trinajstić information content (AvgIpc) is 2.52. The maximum Gasteiger partial charge on any atom is 0.220 e. The van der Waals surface area contributed by atoms with Crippen molar-refractivity contribution >= 4 is 42.3 Å². The standard InChI is InChI=1S/C17H28ClN3O.2ClH/c1-4-21(5-2)16(14-9-6-7-10-15(14)18)13-20-17(22)11-8-12-19-3;;/h6-7,9-10,16,19H,4-5,8,11-13H2,1-3H3,(H,20,22);2*1H. The molecule has 0 aliphatic heterocycles. The molecule has 1 aromatic carbocycles. The summed E-state index contributed by atoms with van der Waals surface area (Å²) in [6, 6.07) is 7.98. The molecule has 0 spiro atoms. The smallest absolute Gasteiger partial charge is 0.220 e. The molecule has 0 saturated heterocycles. The Labute approximate surface area is 163 Å². The van der Waals surface area contributed by atoms with Crippen molar-refractivity contribution in [3.8, 4) is 0 Å². The number of benzene rings is 1. The lowest BCUT2D eigenvalue weighted by Crippen LogP contribution is -2.38. The number of likely N-dealkylation sites (N-methyl/N-ethyl adjacent to an activating group) is 1. The molecular weight excluding hydrogens is 369 g/mol. The normalized spacial score (nSPS) is 11.4. The summed E-state index contributed by atoms with van der Waals surface area (Å²) in [6.45, 7) is 7.54. The van der Waals surface area contributed by atoms with E-state index in [4.69, 9.17) is 11.6 Å². The summed E-state index contributed by atoms with van der Waals surface area (Å²) in [7, 11) is 1.89. The molecule has 1 amide bonds. The molecule has 0 saturated carbocycles. The molecule has 24 heavy (non-hydrogen) atoms. The lowest BCUT2D eigenvalue weighted by Gasteiger charge is -2.31. The predicted octanol–water partition coefficient (Wildman–Crippen LogP) is 3.68. The number of carbonyl (C=O) groups excluding carboxylic acids is 1. The van der Waals surface area contributed by atoms with Gasteiger partial charge in [0, 0.05) is 18.0 Å². The second-order valence-electron chi connectivity index (χ2n) is 5.27. The minimum Gasteiger partial charge on any atom is -0.354 e. The highest BCUT2D eigenvalue weighted by Gasteiger charge is 2.20. The van der Waals surface area contributed by atoms with Gasteiger partial charge in [0.25, 0.3) is 0 Å². The van der Waals surface area contributed by atoms with Crippen LogP contribution in [0.1, 0.15) is 38.3 Å². The second kappa shape index (κ2) is 14.8. The van der Waals surface area contributed by atoms with Crippen LogP contribution in [-0.4, -0.2) is 44.0 Å². The Morgan fingerprint density at radius 2 is 1.83 bits per heavy atom. The lowest BCUT2D eigenvalue weighted by molar-refractivity contribution is -0.121. The van der Waals surface area contributed by atoms with E-state index in [0.29, 0.717) is 13.0 Å². The van der Waals surface area contributed by atoms with Gasteiger partial charge in [-0.2, -0.15) is 0 Å². The van der Waals surface area contributed by atoms with E-state index in [0.717, 1.165) is 36.6 Å². The molecule has 7 heteroatoms. The van der Waals surface area contributed by atoms with Crippen molar-refractivity contribution < 1.29 is 4.79 Å². The molecule has 1 aromatic rings. The zero-order valence-corrected chi connectivity index (χ0v) is 17.1. The Hall–Kier alpha value is -0.520. The summed E-state index contributed by atoms with van der Waals surface area (Å²) >= 11 is 6.35. The van der Waals surface area contributed by atoms with Crippen molar-refractivity contribution in [2.24, 2.45) is 0 Å². The van der Waals surface area contributed by atoms with E-state index in [2.05, 4.69) is 29.4 Å². The molecule has 1 atom stereocenters. The van der Waals surface area contributed by atoms with Gasteiger partial charge in [0.15, 0.2) is 0 Å². The SMILES string of the molecule is CCN(CC)C(CNC(=O)CCCNC)c1ccccc1Cl.Cl.Cl. The van der Waals surface area contributed by atoms with E-state index in [9.17, 15) is 4.79 Å². The summed E-state index contributed by atoms with van der Waals surface area (Å²) in [6.07, 6.45) is 1.40. The predicted molar refractivity (Wildman–Crippen MR) is 108 cm³/mol. The molecule has 0 aliphatic rings. The third kappa shape index (κ3) is 8.54. The highest BCUT2D eigenvalue weighted by Crippen LogP contribution is 2.26. The monoisotopic (exact) mass is 397 g/mol. The molecule has 0 heterocycles.